The van der Waals surface area contributed by atoms with E-state index in [1.807, 2.05) is 0 Å². The summed E-state index contributed by atoms with van der Waals surface area (Å²) in [6.45, 7) is 0. The molecule has 0 radical (unpaired) electrons. The molecule has 16 heteroatoms. The molecule has 146 valence electrons. The maximum Gasteiger partial charge on any atom is 1.00 e. The molecule has 0 N–H and O–H groups in total. The van der Waals surface area contributed by atoms with Crippen LogP contribution in [0.1, 0.15) is 11.1 Å². The molecule has 30 heavy (non-hydrogen) atoms. The van der Waals surface area contributed by atoms with Gasteiger partial charge in [0.1, 0.15) is 20.2 Å². The van der Waals surface area contributed by atoms with Gasteiger partial charge in [-0.1, -0.05) is 11.8 Å². The fourth-order valence-corrected chi connectivity index (χ4v) is 3.31. The van der Waals surface area contributed by atoms with Gasteiger partial charge in [-0.25, -0.2) is 16.8 Å². The first-order valence-electron chi connectivity index (χ1n) is 6.81. The third-order valence-electron chi connectivity index (χ3n) is 3.22. The fourth-order valence-electron chi connectivity index (χ4n) is 2.00. The quantitative estimate of drug-likeness (QED) is 0.127. The normalized spacial score (nSPS) is 10.6. The van der Waals surface area contributed by atoms with Crippen LogP contribution in [0.15, 0.2) is 46.2 Å². The summed E-state index contributed by atoms with van der Waals surface area (Å²) in [4.78, 5) is 17.5. The molecule has 0 amide bonds. The molecule has 0 fully saturated rings. The second-order valence-corrected chi connectivity index (χ2v) is 7.73. The zero-order chi connectivity index (χ0) is 21.3. The van der Waals surface area contributed by atoms with Crippen molar-refractivity contribution in [2.75, 3.05) is 0 Å². The molecule has 2 aromatic rings. The van der Waals surface area contributed by atoms with Crippen molar-refractivity contribution >= 4 is 31.6 Å². The summed E-state index contributed by atoms with van der Waals surface area (Å²) in [7, 11) is -10.4. The monoisotopic (exact) mass is 504 g/mol. The molecule has 0 aliphatic carbocycles. The van der Waals surface area contributed by atoms with Crippen molar-refractivity contribution in [1.82, 2.24) is 0 Å². The number of rotatable bonds is 4. The molecule has 12 nitrogen and oxygen atoms in total. The topological polar surface area (TPSA) is 201 Å². The van der Waals surface area contributed by atoms with Crippen molar-refractivity contribution in [2.24, 2.45) is 0 Å². The molecule has 0 spiro atoms. The Balaban J connectivity index is 0.00000420. The summed E-state index contributed by atoms with van der Waals surface area (Å²) in [5, 5.41) is 21.5. The molecular weight excluding hydrogens is 498 g/mol. The van der Waals surface area contributed by atoms with Gasteiger partial charge < -0.3 is 9.11 Å². The Hall–Kier alpha value is -0.107. The number of hydrogen-bond acceptors (Lipinski definition) is 10. The smallest absolute Gasteiger partial charge is 0.744 e. The van der Waals surface area contributed by atoms with E-state index in [1.165, 1.54) is 0 Å². The number of non-ortho nitro benzene ring substituents is 2. The van der Waals surface area contributed by atoms with Crippen LogP contribution >= 0.6 is 0 Å². The van der Waals surface area contributed by atoms with Gasteiger partial charge in [-0.05, 0) is 12.1 Å². The van der Waals surface area contributed by atoms with Gasteiger partial charge in [0.05, 0.1) is 19.6 Å². The molecule has 0 aliphatic heterocycles. The van der Waals surface area contributed by atoms with Crippen LogP contribution in [0.4, 0.5) is 11.4 Å². The average Bonchev–Trinajstić information content (AvgIpc) is 2.57. The van der Waals surface area contributed by atoms with Crippen molar-refractivity contribution in [1.29, 1.82) is 0 Å². The van der Waals surface area contributed by atoms with Crippen LogP contribution < -0.4 is 103 Å². The summed E-state index contributed by atoms with van der Waals surface area (Å²) in [5.74, 6) is 4.28. The first-order valence-corrected chi connectivity index (χ1v) is 9.63. The Kier molecular flexibility index (Phi) is 11.6. The number of nitrogens with zero attached hydrogens (tertiary/aromatic N) is 2. The number of benzene rings is 2. The van der Waals surface area contributed by atoms with Crippen LogP contribution in [0.5, 0.6) is 0 Å². The van der Waals surface area contributed by atoms with Crippen molar-refractivity contribution in [3.05, 3.63) is 67.8 Å². The summed E-state index contributed by atoms with van der Waals surface area (Å²) < 4.78 is 67.9. The molecule has 0 unspecified atom stereocenters. The van der Waals surface area contributed by atoms with Crippen LogP contribution in [0.25, 0.3) is 0 Å². The van der Waals surface area contributed by atoms with Gasteiger partial charge >= 0.3 is 103 Å². The molecule has 0 saturated carbocycles. The molecule has 0 heterocycles. The summed E-state index contributed by atoms with van der Waals surface area (Å²) in [6.07, 6.45) is 0. The Labute approximate surface area is 255 Å². The van der Waals surface area contributed by atoms with E-state index in [1.54, 1.807) is 0 Å². The zero-order valence-electron chi connectivity index (χ0n) is 15.3. The van der Waals surface area contributed by atoms with Gasteiger partial charge in [0.15, 0.2) is 0 Å². The second-order valence-electron chi connectivity index (χ2n) is 5.03. The predicted molar refractivity (Wildman–Crippen MR) is 88.1 cm³/mol. The largest absolute Gasteiger partial charge is 1.00 e. The third-order valence-corrected chi connectivity index (χ3v) is 4.98. The Bertz CT molecular complexity index is 1180. The van der Waals surface area contributed by atoms with E-state index >= 15 is 0 Å². The molecule has 0 aromatic heterocycles. The first-order chi connectivity index (χ1) is 12.8. The SMILES string of the molecule is O=[N+]([O-])c1ccc(C#Cc2ccc([N+](=O)[O-])cc2S(=O)(=O)[O-])c(S(=O)(=O)[O-])c1.[K+].[K+]. The van der Waals surface area contributed by atoms with Crippen molar-refractivity contribution in [2.45, 2.75) is 9.79 Å². The predicted octanol–water partition coefficient (Wildman–Crippen LogP) is -5.28. The first kappa shape index (κ1) is 29.9. The molecule has 0 aliphatic rings. The van der Waals surface area contributed by atoms with E-state index in [9.17, 15) is 46.2 Å². The van der Waals surface area contributed by atoms with Crippen LogP contribution in [0, 0.1) is 32.1 Å². The van der Waals surface area contributed by atoms with Crippen molar-refractivity contribution in [3.8, 4) is 11.8 Å². The van der Waals surface area contributed by atoms with Crippen molar-refractivity contribution in [3.63, 3.8) is 0 Å². The summed E-state index contributed by atoms with van der Waals surface area (Å²) in [6, 6.07) is 4.39. The standard InChI is InChI=1S/C14H8N2O10S2.2K/c17-15(18)11-5-3-9(13(7-11)27(21,22)23)1-2-10-4-6-12(16(19)20)8-14(10)28(24,25)26;;/h3-8H,(H,21,22,23)(H,24,25,26);;/q;2*+1/p-2. The van der Waals surface area contributed by atoms with Gasteiger partial charge in [-0.15, -0.1) is 0 Å². The third kappa shape index (κ3) is 7.79. The zero-order valence-corrected chi connectivity index (χ0v) is 23.1. The van der Waals surface area contributed by atoms with E-state index < -0.39 is 62.4 Å². The summed E-state index contributed by atoms with van der Waals surface area (Å²) >= 11 is 0. The van der Waals surface area contributed by atoms with E-state index in [0.29, 0.717) is 12.1 Å². The van der Waals surface area contributed by atoms with Gasteiger partial charge in [0.25, 0.3) is 11.4 Å². The Morgan fingerprint density at radius 1 is 0.667 bits per heavy atom. The molecule has 2 rings (SSSR count). The second kappa shape index (κ2) is 11.7. The van der Waals surface area contributed by atoms with Gasteiger partial charge in [-0.2, -0.15) is 0 Å². The molecule has 0 atom stereocenters. The van der Waals surface area contributed by atoms with Crippen molar-refractivity contribution < 1.29 is 139 Å². The molecule has 0 bridgehead atoms. The van der Waals surface area contributed by atoms with Crippen LogP contribution in [0.2, 0.25) is 0 Å². The molecule has 0 saturated heterocycles. The number of hydrogen-bond donors (Lipinski definition) is 0. The van der Waals surface area contributed by atoms with E-state index in [2.05, 4.69) is 11.8 Å². The van der Waals surface area contributed by atoms with E-state index in [-0.39, 0.29) is 103 Å². The Morgan fingerprint density at radius 2 is 0.967 bits per heavy atom. The van der Waals surface area contributed by atoms with E-state index in [4.69, 9.17) is 0 Å². The van der Waals surface area contributed by atoms with Gasteiger partial charge in [0.2, 0.25) is 0 Å². The fraction of sp³-hybridized carbons (Fsp3) is 0. The van der Waals surface area contributed by atoms with Crippen LogP contribution in [0.3, 0.4) is 0 Å². The minimum Gasteiger partial charge on any atom is -0.744 e. The molecular formula is C14H6K2N2O10S2. The Morgan fingerprint density at radius 3 is 1.20 bits per heavy atom. The van der Waals surface area contributed by atoms with Crippen LogP contribution in [-0.2, 0) is 20.2 Å². The average molecular weight is 505 g/mol. The van der Waals surface area contributed by atoms with E-state index in [0.717, 1.165) is 24.3 Å². The van der Waals surface area contributed by atoms with Crippen LogP contribution in [-0.4, -0.2) is 35.8 Å². The molecule has 2 aromatic carbocycles. The number of nitro groups is 2. The van der Waals surface area contributed by atoms with Gasteiger partial charge in [0, 0.05) is 35.4 Å². The minimum atomic E-state index is -5.18. The minimum absolute atomic E-state index is 0. The van der Waals surface area contributed by atoms with Gasteiger partial charge in [-0.3, -0.25) is 20.2 Å². The maximum atomic E-state index is 11.3. The number of nitro benzene ring substituents is 2. The summed E-state index contributed by atoms with van der Waals surface area (Å²) in [5.41, 5.74) is -2.38. The maximum absolute atomic E-state index is 11.3.